The molecule has 0 unspecified atom stereocenters. The first kappa shape index (κ1) is 17.1. The molecular weight excluding hydrogens is 344 g/mol. The summed E-state index contributed by atoms with van der Waals surface area (Å²) in [4.78, 5) is 18.8. The van der Waals surface area contributed by atoms with E-state index in [0.29, 0.717) is 17.1 Å². The first-order chi connectivity index (χ1) is 13.2. The molecule has 0 aliphatic carbocycles. The minimum atomic E-state index is -0.463. The van der Waals surface area contributed by atoms with Crippen molar-refractivity contribution in [3.63, 3.8) is 0 Å². The summed E-state index contributed by atoms with van der Waals surface area (Å²) in [7, 11) is 0. The van der Waals surface area contributed by atoms with Crippen molar-refractivity contribution in [2.45, 2.75) is 13.8 Å². The summed E-state index contributed by atoms with van der Waals surface area (Å²) in [6.07, 6.45) is 1.73. The van der Waals surface area contributed by atoms with Gasteiger partial charge in [-0.15, -0.1) is 0 Å². The number of carbonyl (C=O) groups excluding carboxylic acids is 1. The van der Waals surface area contributed by atoms with Crippen LogP contribution in [0.3, 0.4) is 0 Å². The van der Waals surface area contributed by atoms with E-state index in [1.54, 1.807) is 24.3 Å². The van der Waals surface area contributed by atoms with Crippen molar-refractivity contribution in [2.24, 2.45) is 4.99 Å². The van der Waals surface area contributed by atoms with Crippen molar-refractivity contribution >= 4 is 23.6 Å². The van der Waals surface area contributed by atoms with E-state index in [1.165, 1.54) is 0 Å². The van der Waals surface area contributed by atoms with Gasteiger partial charge in [0.05, 0.1) is 0 Å². The third-order valence-corrected chi connectivity index (χ3v) is 4.57. The zero-order chi connectivity index (χ0) is 18.8. The van der Waals surface area contributed by atoms with Gasteiger partial charge in [-0.25, -0.2) is 9.79 Å². The number of benzene rings is 2. The Morgan fingerprint density at radius 1 is 1.04 bits per heavy atom. The van der Waals surface area contributed by atoms with Gasteiger partial charge in [0, 0.05) is 24.3 Å². The van der Waals surface area contributed by atoms with Crippen LogP contribution in [0, 0.1) is 0 Å². The highest BCUT2D eigenvalue weighted by molar-refractivity contribution is 6.13. The van der Waals surface area contributed by atoms with Crippen molar-refractivity contribution in [1.82, 2.24) is 0 Å². The number of esters is 1. The normalized spacial score (nSPS) is 16.4. The standard InChI is InChI=1S/C21H20N2O4/c1-3-23(4-2)16-8-5-14(6-9-16)11-17-21(24)27-20(22-17)15-7-10-18-19(12-15)26-13-25-18/h5-12H,3-4,13H2,1-2H3/b17-11-. The van der Waals surface area contributed by atoms with Crippen molar-refractivity contribution in [1.29, 1.82) is 0 Å². The molecule has 27 heavy (non-hydrogen) atoms. The van der Waals surface area contributed by atoms with Crippen LogP contribution in [0.15, 0.2) is 53.2 Å². The smallest absolute Gasteiger partial charge is 0.363 e. The Bertz CT molecular complexity index is 928. The molecule has 2 aliphatic heterocycles. The van der Waals surface area contributed by atoms with E-state index in [9.17, 15) is 4.79 Å². The largest absolute Gasteiger partial charge is 0.454 e. The Morgan fingerprint density at radius 2 is 1.78 bits per heavy atom. The summed E-state index contributed by atoms with van der Waals surface area (Å²) in [5, 5.41) is 0. The lowest BCUT2D eigenvalue weighted by Gasteiger charge is -2.20. The molecule has 0 atom stereocenters. The number of cyclic esters (lactones) is 1. The molecule has 0 bridgehead atoms. The monoisotopic (exact) mass is 364 g/mol. The van der Waals surface area contributed by atoms with E-state index in [4.69, 9.17) is 14.2 Å². The number of carbonyl (C=O) groups is 1. The lowest BCUT2D eigenvalue weighted by Crippen LogP contribution is -2.21. The number of nitrogens with zero attached hydrogens (tertiary/aromatic N) is 2. The maximum absolute atomic E-state index is 12.2. The molecule has 2 heterocycles. The van der Waals surface area contributed by atoms with Crippen LogP contribution in [0.5, 0.6) is 11.5 Å². The van der Waals surface area contributed by atoms with Gasteiger partial charge in [0.15, 0.2) is 17.2 Å². The van der Waals surface area contributed by atoms with E-state index < -0.39 is 5.97 Å². The van der Waals surface area contributed by atoms with Gasteiger partial charge >= 0.3 is 5.97 Å². The summed E-state index contributed by atoms with van der Waals surface area (Å²) in [6.45, 7) is 6.35. The molecular formula is C21H20N2O4. The molecule has 6 heteroatoms. The second-order valence-electron chi connectivity index (χ2n) is 6.17. The summed E-state index contributed by atoms with van der Waals surface area (Å²) in [5.41, 5.74) is 3.00. The van der Waals surface area contributed by atoms with Gasteiger partial charge in [0.1, 0.15) is 0 Å². The molecule has 0 aromatic heterocycles. The SMILES string of the molecule is CCN(CC)c1ccc(/C=C2\N=C(c3ccc4c(c3)OCO4)OC2=O)cc1. The minimum absolute atomic E-state index is 0.194. The topological polar surface area (TPSA) is 60.4 Å². The average Bonchev–Trinajstić information content (AvgIpc) is 3.30. The number of hydrogen-bond donors (Lipinski definition) is 0. The van der Waals surface area contributed by atoms with Crippen LogP contribution in [0.2, 0.25) is 0 Å². The molecule has 138 valence electrons. The number of anilines is 1. The highest BCUT2D eigenvalue weighted by atomic mass is 16.7. The number of aliphatic imine (C=N–C) groups is 1. The summed E-state index contributed by atoms with van der Waals surface area (Å²) in [5.74, 6) is 1.10. The second-order valence-corrected chi connectivity index (χ2v) is 6.17. The first-order valence-electron chi connectivity index (χ1n) is 8.95. The maximum Gasteiger partial charge on any atom is 0.363 e. The summed E-state index contributed by atoms with van der Waals surface area (Å²) >= 11 is 0. The molecule has 0 fully saturated rings. The van der Waals surface area contributed by atoms with E-state index in [-0.39, 0.29) is 18.4 Å². The van der Waals surface area contributed by atoms with Crippen LogP contribution in [0.1, 0.15) is 25.0 Å². The van der Waals surface area contributed by atoms with Crippen LogP contribution in [-0.4, -0.2) is 31.7 Å². The van der Waals surface area contributed by atoms with Gasteiger partial charge in [-0.05, 0) is 55.8 Å². The third kappa shape index (κ3) is 3.38. The predicted octanol–water partition coefficient (Wildman–Crippen LogP) is 3.61. The number of ether oxygens (including phenoxy) is 3. The number of fused-ring (bicyclic) bond motifs is 1. The quantitative estimate of drug-likeness (QED) is 0.599. The van der Waals surface area contributed by atoms with Crippen LogP contribution in [-0.2, 0) is 9.53 Å². The zero-order valence-corrected chi connectivity index (χ0v) is 15.3. The van der Waals surface area contributed by atoms with E-state index >= 15 is 0 Å². The van der Waals surface area contributed by atoms with Gasteiger partial charge in [-0.2, -0.15) is 0 Å². The summed E-state index contributed by atoms with van der Waals surface area (Å²) < 4.78 is 16.0. The fourth-order valence-corrected chi connectivity index (χ4v) is 3.09. The van der Waals surface area contributed by atoms with Crippen molar-refractivity contribution in [2.75, 3.05) is 24.8 Å². The van der Waals surface area contributed by atoms with Crippen LogP contribution < -0.4 is 14.4 Å². The number of rotatable bonds is 5. The molecule has 0 saturated carbocycles. The molecule has 6 nitrogen and oxygen atoms in total. The van der Waals surface area contributed by atoms with Crippen LogP contribution in [0.25, 0.3) is 6.08 Å². The number of hydrogen-bond acceptors (Lipinski definition) is 6. The van der Waals surface area contributed by atoms with Gasteiger partial charge in [-0.3, -0.25) is 0 Å². The zero-order valence-electron chi connectivity index (χ0n) is 15.3. The Labute approximate surface area is 157 Å². The van der Waals surface area contributed by atoms with E-state index in [0.717, 1.165) is 24.3 Å². The van der Waals surface area contributed by atoms with Crippen LogP contribution >= 0.6 is 0 Å². The van der Waals surface area contributed by atoms with Gasteiger partial charge in [0.2, 0.25) is 12.7 Å². The molecule has 0 radical (unpaired) electrons. The highest BCUT2D eigenvalue weighted by Crippen LogP contribution is 2.33. The Hall–Kier alpha value is -3.28. The molecule has 0 spiro atoms. The fraction of sp³-hybridized carbons (Fsp3) is 0.238. The van der Waals surface area contributed by atoms with Gasteiger partial charge in [-0.1, -0.05) is 12.1 Å². The van der Waals surface area contributed by atoms with E-state index in [2.05, 4.69) is 23.7 Å². The molecule has 0 N–H and O–H groups in total. The Balaban J connectivity index is 1.57. The molecule has 4 rings (SSSR count). The Kier molecular flexibility index (Phi) is 4.54. The third-order valence-electron chi connectivity index (χ3n) is 4.57. The highest BCUT2D eigenvalue weighted by Gasteiger charge is 2.25. The Morgan fingerprint density at radius 3 is 2.52 bits per heavy atom. The average molecular weight is 364 g/mol. The molecule has 0 saturated heterocycles. The van der Waals surface area contributed by atoms with Crippen molar-refractivity contribution in [3.8, 4) is 11.5 Å². The minimum Gasteiger partial charge on any atom is -0.454 e. The van der Waals surface area contributed by atoms with Crippen molar-refractivity contribution < 1.29 is 19.0 Å². The lowest BCUT2D eigenvalue weighted by molar-refractivity contribution is -0.129. The van der Waals surface area contributed by atoms with Crippen molar-refractivity contribution in [3.05, 3.63) is 59.3 Å². The lowest BCUT2D eigenvalue weighted by atomic mass is 10.1. The fourth-order valence-electron chi connectivity index (χ4n) is 3.09. The molecule has 2 aromatic rings. The molecule has 2 aromatic carbocycles. The predicted molar refractivity (Wildman–Crippen MR) is 103 cm³/mol. The van der Waals surface area contributed by atoms with Gasteiger partial charge in [0.25, 0.3) is 0 Å². The van der Waals surface area contributed by atoms with Gasteiger partial charge < -0.3 is 19.1 Å². The maximum atomic E-state index is 12.2. The summed E-state index contributed by atoms with van der Waals surface area (Å²) in [6, 6.07) is 13.4. The second kappa shape index (κ2) is 7.15. The van der Waals surface area contributed by atoms with Crippen LogP contribution in [0.4, 0.5) is 5.69 Å². The van der Waals surface area contributed by atoms with E-state index in [1.807, 2.05) is 24.3 Å². The molecule has 0 amide bonds. The first-order valence-corrected chi connectivity index (χ1v) is 8.95. The molecule has 2 aliphatic rings.